The average molecular weight is 511 g/mol. The first-order valence-electron chi connectivity index (χ1n) is 11.1. The van der Waals surface area contributed by atoms with Crippen molar-refractivity contribution < 1.29 is 9.84 Å². The molecule has 28 heavy (non-hydrogen) atoms. The third-order valence-corrected chi connectivity index (χ3v) is 5.98. The van der Waals surface area contributed by atoms with Crippen LogP contribution in [0, 0.1) is 11.8 Å². The van der Waals surface area contributed by atoms with E-state index in [2.05, 4.69) is 36.3 Å². The minimum Gasteiger partial charge on any atom is -0.396 e. The fourth-order valence-corrected chi connectivity index (χ4v) is 4.48. The Bertz CT molecular complexity index is 436. The van der Waals surface area contributed by atoms with Crippen LogP contribution >= 0.6 is 24.0 Å². The van der Waals surface area contributed by atoms with Gasteiger partial charge in [-0.15, -0.1) is 24.0 Å². The first-order chi connectivity index (χ1) is 13.1. The van der Waals surface area contributed by atoms with E-state index < -0.39 is 0 Å². The lowest BCUT2D eigenvalue weighted by molar-refractivity contribution is -0.0139. The molecule has 1 unspecified atom stereocenters. The number of aliphatic hydroxyl groups is 1. The maximum atomic E-state index is 9.36. The quantitative estimate of drug-likeness (QED) is 0.240. The minimum atomic E-state index is 0. The number of hydrogen-bond donors (Lipinski definition) is 3. The van der Waals surface area contributed by atoms with Crippen molar-refractivity contribution in [2.24, 2.45) is 16.8 Å². The fourth-order valence-electron chi connectivity index (χ4n) is 4.48. The van der Waals surface area contributed by atoms with Gasteiger partial charge in [-0.3, -0.25) is 9.89 Å². The number of halogens is 1. The number of ether oxygens (including phenoxy) is 1. The normalized spacial score (nSPS) is 21.4. The van der Waals surface area contributed by atoms with Gasteiger partial charge in [-0.25, -0.2) is 0 Å². The topological polar surface area (TPSA) is 69.1 Å². The molecule has 3 N–H and O–H groups in total. The van der Waals surface area contributed by atoms with Gasteiger partial charge in [0, 0.05) is 38.4 Å². The van der Waals surface area contributed by atoms with E-state index in [9.17, 15) is 5.11 Å². The molecule has 1 atom stereocenters. The molecule has 0 radical (unpaired) electrons. The van der Waals surface area contributed by atoms with E-state index in [1.54, 1.807) is 0 Å². The van der Waals surface area contributed by atoms with Gasteiger partial charge in [-0.05, 0) is 70.4 Å². The van der Waals surface area contributed by atoms with E-state index in [0.717, 1.165) is 64.5 Å². The summed E-state index contributed by atoms with van der Waals surface area (Å²) >= 11 is 0. The summed E-state index contributed by atoms with van der Waals surface area (Å²) in [5.74, 6) is 2.03. The number of hydrogen-bond acceptors (Lipinski definition) is 4. The zero-order chi connectivity index (χ0) is 19.5. The van der Waals surface area contributed by atoms with Crippen LogP contribution in [-0.2, 0) is 4.74 Å². The molecule has 0 aromatic heterocycles. The Morgan fingerprint density at radius 2 is 1.86 bits per heavy atom. The van der Waals surface area contributed by atoms with Gasteiger partial charge in [-0.2, -0.15) is 0 Å². The van der Waals surface area contributed by atoms with Crippen molar-refractivity contribution in [2.45, 2.75) is 64.8 Å². The molecule has 2 rings (SSSR count). The molecule has 0 bridgehead atoms. The van der Waals surface area contributed by atoms with Crippen LogP contribution in [-0.4, -0.2) is 74.0 Å². The lowest BCUT2D eigenvalue weighted by Crippen LogP contribution is -2.54. The molecule has 166 valence electrons. The summed E-state index contributed by atoms with van der Waals surface area (Å²) < 4.78 is 5.65. The highest BCUT2D eigenvalue weighted by Gasteiger charge is 2.39. The zero-order valence-electron chi connectivity index (χ0n) is 18.2. The molecule has 2 aliphatic rings. The third-order valence-electron chi connectivity index (χ3n) is 5.98. The van der Waals surface area contributed by atoms with Gasteiger partial charge in [0.2, 0.25) is 0 Å². The van der Waals surface area contributed by atoms with Crippen molar-refractivity contribution in [2.75, 3.05) is 52.5 Å². The molecule has 0 amide bonds. The molecule has 2 aliphatic heterocycles. The molecular weight excluding hydrogens is 467 g/mol. The number of rotatable bonds is 10. The van der Waals surface area contributed by atoms with E-state index in [4.69, 9.17) is 9.73 Å². The van der Waals surface area contributed by atoms with Crippen molar-refractivity contribution in [3.63, 3.8) is 0 Å². The van der Waals surface area contributed by atoms with Crippen molar-refractivity contribution in [3.05, 3.63) is 0 Å². The maximum absolute atomic E-state index is 9.36. The Hall–Kier alpha value is -0.120. The lowest BCUT2D eigenvalue weighted by atomic mass is 9.88. The SMILES string of the molecule is CCNC(=NCC1(N2CCCC2)CCOCC1)NCC(CCO)CC(C)C.I. The smallest absolute Gasteiger partial charge is 0.191 e. The Labute approximate surface area is 189 Å². The highest BCUT2D eigenvalue weighted by atomic mass is 127. The molecule has 2 fully saturated rings. The predicted octanol–water partition coefficient (Wildman–Crippen LogP) is 2.85. The van der Waals surface area contributed by atoms with Crippen molar-refractivity contribution in [1.29, 1.82) is 0 Å². The highest BCUT2D eigenvalue weighted by molar-refractivity contribution is 14.0. The van der Waals surface area contributed by atoms with Crippen LogP contribution < -0.4 is 10.6 Å². The summed E-state index contributed by atoms with van der Waals surface area (Å²) in [6.07, 6.45) is 6.75. The Balaban J connectivity index is 0.00000392. The van der Waals surface area contributed by atoms with Crippen LogP contribution in [0.4, 0.5) is 0 Å². The summed E-state index contributed by atoms with van der Waals surface area (Å²) in [4.78, 5) is 7.66. The lowest BCUT2D eigenvalue weighted by Gasteiger charge is -2.43. The molecular formula is C21H43IN4O2. The van der Waals surface area contributed by atoms with Crippen LogP contribution in [0.15, 0.2) is 4.99 Å². The summed E-state index contributed by atoms with van der Waals surface area (Å²) in [6.45, 7) is 13.5. The van der Waals surface area contributed by atoms with Gasteiger partial charge in [0.05, 0.1) is 6.54 Å². The summed E-state index contributed by atoms with van der Waals surface area (Å²) in [5.41, 5.74) is 0.166. The Morgan fingerprint density at radius 3 is 2.43 bits per heavy atom. The standard InChI is InChI=1S/C21H42N4O2.HI/c1-4-22-20(23-16-19(7-12-26)15-18(2)3)24-17-21(8-13-27-14-9-21)25-10-5-6-11-25;/h18-19,26H,4-17H2,1-3H3,(H2,22,23,24);1H. The molecule has 0 aliphatic carbocycles. The second kappa shape index (κ2) is 14.0. The first-order valence-corrected chi connectivity index (χ1v) is 11.1. The monoisotopic (exact) mass is 510 g/mol. The number of likely N-dealkylation sites (tertiary alicyclic amines) is 1. The second-order valence-corrected chi connectivity index (χ2v) is 8.61. The largest absolute Gasteiger partial charge is 0.396 e. The number of nitrogens with one attached hydrogen (secondary N) is 2. The molecule has 0 aromatic carbocycles. The van der Waals surface area contributed by atoms with Crippen LogP contribution in [0.3, 0.4) is 0 Å². The molecule has 0 saturated carbocycles. The van der Waals surface area contributed by atoms with Crippen molar-refractivity contribution >= 4 is 29.9 Å². The van der Waals surface area contributed by atoms with Gasteiger partial charge >= 0.3 is 0 Å². The number of nitrogens with zero attached hydrogens (tertiary/aromatic N) is 2. The summed E-state index contributed by atoms with van der Waals surface area (Å²) in [7, 11) is 0. The Morgan fingerprint density at radius 1 is 1.18 bits per heavy atom. The van der Waals surface area contributed by atoms with Crippen LogP contribution in [0.1, 0.15) is 59.3 Å². The summed E-state index contributed by atoms with van der Waals surface area (Å²) in [5, 5.41) is 16.3. The number of guanidine groups is 1. The molecule has 6 nitrogen and oxygen atoms in total. The first kappa shape index (κ1) is 25.9. The van der Waals surface area contributed by atoms with Crippen molar-refractivity contribution in [3.8, 4) is 0 Å². The molecule has 7 heteroatoms. The molecule has 2 heterocycles. The number of aliphatic hydroxyl groups excluding tert-OH is 1. The summed E-state index contributed by atoms with van der Waals surface area (Å²) in [6, 6.07) is 0. The van der Waals surface area contributed by atoms with Gasteiger partial charge in [0.1, 0.15) is 0 Å². The maximum Gasteiger partial charge on any atom is 0.191 e. The molecule has 0 aromatic rings. The van der Waals surface area contributed by atoms with E-state index in [1.807, 2.05) is 0 Å². The van der Waals surface area contributed by atoms with Gasteiger partial charge in [0.15, 0.2) is 5.96 Å². The van der Waals surface area contributed by atoms with E-state index in [1.165, 1.54) is 25.9 Å². The van der Waals surface area contributed by atoms with Crippen LogP contribution in [0.5, 0.6) is 0 Å². The molecule has 2 saturated heterocycles. The zero-order valence-corrected chi connectivity index (χ0v) is 20.5. The Kier molecular flexibility index (Phi) is 12.9. The van der Waals surface area contributed by atoms with Gasteiger partial charge in [0.25, 0.3) is 0 Å². The van der Waals surface area contributed by atoms with E-state index in [-0.39, 0.29) is 36.1 Å². The van der Waals surface area contributed by atoms with Crippen LogP contribution in [0.2, 0.25) is 0 Å². The fraction of sp³-hybridized carbons (Fsp3) is 0.952. The van der Waals surface area contributed by atoms with Gasteiger partial charge < -0.3 is 20.5 Å². The van der Waals surface area contributed by atoms with Crippen molar-refractivity contribution in [1.82, 2.24) is 15.5 Å². The second-order valence-electron chi connectivity index (χ2n) is 8.61. The third kappa shape index (κ3) is 8.32. The predicted molar refractivity (Wildman–Crippen MR) is 128 cm³/mol. The van der Waals surface area contributed by atoms with E-state index >= 15 is 0 Å². The average Bonchev–Trinajstić information content (AvgIpc) is 3.20. The number of aliphatic imine (C=N–C) groups is 1. The highest BCUT2D eigenvalue weighted by Crippen LogP contribution is 2.31. The van der Waals surface area contributed by atoms with Crippen LogP contribution in [0.25, 0.3) is 0 Å². The van der Waals surface area contributed by atoms with E-state index in [0.29, 0.717) is 11.8 Å². The molecule has 0 spiro atoms. The minimum absolute atomic E-state index is 0. The van der Waals surface area contributed by atoms with Gasteiger partial charge in [-0.1, -0.05) is 13.8 Å².